The van der Waals surface area contributed by atoms with Gasteiger partial charge in [-0.05, 0) is 11.1 Å². The summed E-state index contributed by atoms with van der Waals surface area (Å²) in [5.41, 5.74) is 2.13. The first kappa shape index (κ1) is 19.6. The van der Waals surface area contributed by atoms with E-state index in [0.717, 1.165) is 11.1 Å². The minimum Gasteiger partial charge on any atom is -0.464 e. The van der Waals surface area contributed by atoms with Gasteiger partial charge in [0.05, 0.1) is 13.2 Å². The molecule has 0 saturated carbocycles. The number of hydrogen-bond donors (Lipinski definition) is 0. The van der Waals surface area contributed by atoms with E-state index in [1.54, 1.807) is 14.2 Å². The molecule has 4 atom stereocenters. The Labute approximate surface area is 160 Å². The average Bonchev–Trinajstić information content (AvgIpc) is 2.72. The lowest BCUT2D eigenvalue weighted by atomic mass is 10.0. The van der Waals surface area contributed by atoms with Crippen LogP contribution in [0.15, 0.2) is 73.0 Å². The van der Waals surface area contributed by atoms with E-state index in [1.165, 1.54) is 0 Å². The molecule has 0 aromatic heterocycles. The number of ether oxygens (including phenoxy) is 5. The summed E-state index contributed by atoms with van der Waals surface area (Å²) in [6.45, 7) is 4.87. The number of hydrogen-bond acceptors (Lipinski definition) is 5. The molecule has 0 bridgehead atoms. The maximum absolute atomic E-state index is 6.21. The molecule has 144 valence electrons. The summed E-state index contributed by atoms with van der Waals surface area (Å²) in [6, 6.07) is 19.9. The van der Waals surface area contributed by atoms with Crippen LogP contribution < -0.4 is 0 Å². The molecule has 0 unspecified atom stereocenters. The van der Waals surface area contributed by atoms with Crippen molar-refractivity contribution in [2.75, 3.05) is 14.2 Å². The van der Waals surface area contributed by atoms with Crippen LogP contribution in [0.1, 0.15) is 11.1 Å². The van der Waals surface area contributed by atoms with E-state index in [0.29, 0.717) is 19.0 Å². The summed E-state index contributed by atoms with van der Waals surface area (Å²) in [7, 11) is 3.19. The first-order valence-corrected chi connectivity index (χ1v) is 8.95. The van der Waals surface area contributed by atoms with Gasteiger partial charge < -0.3 is 23.7 Å². The molecule has 3 rings (SSSR count). The van der Waals surface area contributed by atoms with Gasteiger partial charge in [-0.3, -0.25) is 0 Å². The van der Waals surface area contributed by atoms with Gasteiger partial charge in [-0.2, -0.15) is 0 Å². The van der Waals surface area contributed by atoms with Gasteiger partial charge in [-0.15, -0.1) is 0 Å². The first-order chi connectivity index (χ1) is 13.2. The molecule has 5 heteroatoms. The van der Waals surface area contributed by atoms with E-state index >= 15 is 0 Å². The molecule has 0 aliphatic carbocycles. The second-order valence-corrected chi connectivity index (χ2v) is 6.37. The molecule has 1 aliphatic rings. The standard InChI is InChI=1S/C22H26O5/c1-16-19(25-14-17-10-6-4-7-11-17)20(21(23-2)22(24-3)27-16)26-15-18-12-8-5-9-13-18/h4-13,19-22H,1,14-15H2,2-3H3/t19-,20+,21-,22+/m1/s1. The highest BCUT2D eigenvalue weighted by molar-refractivity contribution is 5.15. The number of methoxy groups -OCH3 is 2. The van der Waals surface area contributed by atoms with Crippen LogP contribution in [0.3, 0.4) is 0 Å². The van der Waals surface area contributed by atoms with Crippen molar-refractivity contribution in [3.63, 3.8) is 0 Å². The largest absolute Gasteiger partial charge is 0.464 e. The minimum atomic E-state index is -0.597. The number of benzene rings is 2. The lowest BCUT2D eigenvalue weighted by molar-refractivity contribution is -0.262. The molecule has 0 spiro atoms. The second kappa shape index (κ2) is 9.67. The van der Waals surface area contributed by atoms with Crippen LogP contribution in [0.4, 0.5) is 0 Å². The molecule has 5 nitrogen and oxygen atoms in total. The Morgan fingerprint density at radius 3 is 1.85 bits per heavy atom. The molecule has 27 heavy (non-hydrogen) atoms. The highest BCUT2D eigenvalue weighted by Gasteiger charge is 2.45. The fourth-order valence-corrected chi connectivity index (χ4v) is 3.12. The molecule has 1 saturated heterocycles. The van der Waals surface area contributed by atoms with E-state index in [1.807, 2.05) is 60.7 Å². The quantitative estimate of drug-likeness (QED) is 0.709. The van der Waals surface area contributed by atoms with Crippen LogP contribution >= 0.6 is 0 Å². The molecule has 0 radical (unpaired) electrons. The van der Waals surface area contributed by atoms with Crippen molar-refractivity contribution in [2.24, 2.45) is 0 Å². The third-order valence-electron chi connectivity index (χ3n) is 4.54. The fraction of sp³-hybridized carbons (Fsp3) is 0.364. The van der Waals surface area contributed by atoms with Crippen LogP contribution in [0.2, 0.25) is 0 Å². The summed E-state index contributed by atoms with van der Waals surface area (Å²) in [6.07, 6.45) is -1.92. The van der Waals surface area contributed by atoms with Gasteiger partial charge in [0.2, 0.25) is 6.29 Å². The molecular weight excluding hydrogens is 344 g/mol. The van der Waals surface area contributed by atoms with E-state index in [-0.39, 0.29) is 0 Å². The third-order valence-corrected chi connectivity index (χ3v) is 4.54. The summed E-state index contributed by atoms with van der Waals surface area (Å²) >= 11 is 0. The summed E-state index contributed by atoms with van der Waals surface area (Å²) < 4.78 is 29.1. The average molecular weight is 370 g/mol. The highest BCUT2D eigenvalue weighted by Crippen LogP contribution is 2.30. The van der Waals surface area contributed by atoms with Gasteiger partial charge in [-0.25, -0.2) is 0 Å². The van der Waals surface area contributed by atoms with E-state index in [9.17, 15) is 0 Å². The normalized spacial score (nSPS) is 25.2. The molecular formula is C22H26O5. The monoisotopic (exact) mass is 370 g/mol. The Morgan fingerprint density at radius 2 is 1.33 bits per heavy atom. The van der Waals surface area contributed by atoms with Gasteiger partial charge in [0.15, 0.2) is 0 Å². The van der Waals surface area contributed by atoms with Crippen LogP contribution in [-0.2, 0) is 36.9 Å². The van der Waals surface area contributed by atoms with Gasteiger partial charge in [0.25, 0.3) is 0 Å². The van der Waals surface area contributed by atoms with Crippen LogP contribution in [0.25, 0.3) is 0 Å². The minimum absolute atomic E-state index is 0.412. The van der Waals surface area contributed by atoms with Crippen LogP contribution in [0, 0.1) is 0 Å². The van der Waals surface area contributed by atoms with Crippen LogP contribution in [-0.4, -0.2) is 38.8 Å². The Hall–Kier alpha value is -2.18. The van der Waals surface area contributed by atoms with Crippen molar-refractivity contribution >= 4 is 0 Å². The number of rotatable bonds is 8. The van der Waals surface area contributed by atoms with Crippen molar-refractivity contribution in [1.82, 2.24) is 0 Å². The summed E-state index contributed by atoms with van der Waals surface area (Å²) in [5, 5.41) is 0. The van der Waals surface area contributed by atoms with E-state index in [2.05, 4.69) is 6.58 Å². The molecule has 0 N–H and O–H groups in total. The lowest BCUT2D eigenvalue weighted by Crippen LogP contribution is -2.55. The Bertz CT molecular complexity index is 703. The summed E-state index contributed by atoms with van der Waals surface area (Å²) in [5.74, 6) is 0.476. The fourth-order valence-electron chi connectivity index (χ4n) is 3.12. The SMILES string of the molecule is C=C1O[C@H](OC)[C@H](OC)[C@@H](OCc2ccccc2)[C@@H]1OCc1ccccc1. The second-order valence-electron chi connectivity index (χ2n) is 6.37. The van der Waals surface area contributed by atoms with Gasteiger partial charge >= 0.3 is 0 Å². The smallest absolute Gasteiger partial charge is 0.228 e. The molecule has 1 fully saturated rings. The zero-order valence-corrected chi connectivity index (χ0v) is 15.7. The predicted octanol–water partition coefficient (Wildman–Crippen LogP) is 3.69. The maximum atomic E-state index is 6.21. The molecule has 2 aromatic carbocycles. The lowest BCUT2D eigenvalue weighted by Gasteiger charge is -2.41. The highest BCUT2D eigenvalue weighted by atomic mass is 16.7. The topological polar surface area (TPSA) is 46.2 Å². The first-order valence-electron chi connectivity index (χ1n) is 8.95. The Balaban J connectivity index is 1.74. The predicted molar refractivity (Wildman–Crippen MR) is 102 cm³/mol. The molecule has 1 aliphatic heterocycles. The van der Waals surface area contributed by atoms with E-state index in [4.69, 9.17) is 23.7 Å². The van der Waals surface area contributed by atoms with Gasteiger partial charge in [-0.1, -0.05) is 67.2 Å². The Morgan fingerprint density at radius 1 is 0.778 bits per heavy atom. The Kier molecular flexibility index (Phi) is 7.01. The van der Waals surface area contributed by atoms with Crippen molar-refractivity contribution in [3.8, 4) is 0 Å². The van der Waals surface area contributed by atoms with Crippen molar-refractivity contribution < 1.29 is 23.7 Å². The molecule has 0 amide bonds. The third kappa shape index (κ3) is 4.96. The summed E-state index contributed by atoms with van der Waals surface area (Å²) in [4.78, 5) is 0. The van der Waals surface area contributed by atoms with Crippen LogP contribution in [0.5, 0.6) is 0 Å². The van der Waals surface area contributed by atoms with Gasteiger partial charge in [0.1, 0.15) is 24.1 Å². The zero-order valence-electron chi connectivity index (χ0n) is 15.7. The molecule has 2 aromatic rings. The van der Waals surface area contributed by atoms with Crippen molar-refractivity contribution in [3.05, 3.63) is 84.1 Å². The van der Waals surface area contributed by atoms with Gasteiger partial charge in [0, 0.05) is 14.2 Å². The van der Waals surface area contributed by atoms with Crippen molar-refractivity contribution in [2.45, 2.75) is 37.8 Å². The maximum Gasteiger partial charge on any atom is 0.228 e. The van der Waals surface area contributed by atoms with Crippen molar-refractivity contribution in [1.29, 1.82) is 0 Å². The zero-order chi connectivity index (χ0) is 19.1. The molecule has 1 heterocycles. The van der Waals surface area contributed by atoms with E-state index < -0.39 is 24.6 Å².